The summed E-state index contributed by atoms with van der Waals surface area (Å²) in [5.74, 6) is 1.05. The molecule has 1 atom stereocenters. The van der Waals surface area contributed by atoms with E-state index in [0.717, 1.165) is 18.1 Å². The Labute approximate surface area is 133 Å². The van der Waals surface area contributed by atoms with E-state index in [2.05, 4.69) is 51.0 Å². The molecule has 3 rings (SSSR count). The van der Waals surface area contributed by atoms with Crippen LogP contribution in [0, 0.1) is 0 Å². The van der Waals surface area contributed by atoms with Gasteiger partial charge < -0.3 is 14.0 Å². The molecule has 5 nitrogen and oxygen atoms in total. The van der Waals surface area contributed by atoms with E-state index in [1.54, 1.807) is 0 Å². The van der Waals surface area contributed by atoms with Crippen molar-refractivity contribution in [2.75, 3.05) is 19.6 Å². The summed E-state index contributed by atoms with van der Waals surface area (Å²) in [4.78, 5) is 11.5. The van der Waals surface area contributed by atoms with Crippen molar-refractivity contribution in [3.05, 3.63) is 24.9 Å². The topological polar surface area (TPSA) is 38.9 Å². The van der Waals surface area contributed by atoms with Gasteiger partial charge in [0.05, 0.1) is 12.5 Å². The summed E-state index contributed by atoms with van der Waals surface area (Å²) in [5.41, 5.74) is 1.12. The molecule has 120 valence electrons. The molecule has 2 aromatic heterocycles. The molecular formula is C17H27N5. The Balaban J connectivity index is 1.87. The lowest BCUT2D eigenvalue weighted by Crippen LogP contribution is -2.37. The summed E-state index contributed by atoms with van der Waals surface area (Å²) in [5, 5.41) is 0. The zero-order valence-corrected chi connectivity index (χ0v) is 13.9. The average molecular weight is 301 g/mol. The number of likely N-dealkylation sites (tertiary alicyclic amines) is 1. The van der Waals surface area contributed by atoms with Crippen LogP contribution in [-0.4, -0.2) is 43.6 Å². The fraction of sp³-hybridized carbons (Fsp3) is 0.647. The van der Waals surface area contributed by atoms with Crippen LogP contribution in [0.4, 0.5) is 0 Å². The number of nitrogens with zero attached hydrogens (tertiary/aromatic N) is 5. The monoisotopic (exact) mass is 301 g/mol. The quantitative estimate of drug-likeness (QED) is 0.850. The molecule has 0 aliphatic carbocycles. The van der Waals surface area contributed by atoms with Crippen molar-refractivity contribution in [1.29, 1.82) is 0 Å². The maximum atomic E-state index is 4.63. The smallest absolute Gasteiger partial charge is 0.158 e. The van der Waals surface area contributed by atoms with Crippen LogP contribution in [0.15, 0.2) is 24.9 Å². The fourth-order valence-electron chi connectivity index (χ4n) is 3.47. The summed E-state index contributed by atoms with van der Waals surface area (Å²) < 4.78 is 4.56. The van der Waals surface area contributed by atoms with E-state index in [1.165, 1.54) is 32.4 Å². The van der Waals surface area contributed by atoms with E-state index in [9.17, 15) is 0 Å². The van der Waals surface area contributed by atoms with Crippen LogP contribution in [0.25, 0.3) is 11.5 Å². The number of piperidine rings is 1. The van der Waals surface area contributed by atoms with Gasteiger partial charge in [-0.3, -0.25) is 0 Å². The first-order valence-corrected chi connectivity index (χ1v) is 8.48. The van der Waals surface area contributed by atoms with E-state index >= 15 is 0 Å². The number of hydrogen-bond acceptors (Lipinski definition) is 3. The SMILES string of the molecule is CCCN1CCCC(n2ccnc2-c2cncn2C(C)C)C1. The maximum Gasteiger partial charge on any atom is 0.158 e. The molecule has 3 heterocycles. The molecule has 0 radical (unpaired) electrons. The van der Waals surface area contributed by atoms with E-state index < -0.39 is 0 Å². The molecule has 1 saturated heterocycles. The van der Waals surface area contributed by atoms with Gasteiger partial charge in [-0.15, -0.1) is 0 Å². The van der Waals surface area contributed by atoms with E-state index in [1.807, 2.05) is 18.7 Å². The second-order valence-electron chi connectivity index (χ2n) is 6.53. The summed E-state index contributed by atoms with van der Waals surface area (Å²) in [6.45, 7) is 10.2. The zero-order chi connectivity index (χ0) is 15.5. The van der Waals surface area contributed by atoms with Crippen molar-refractivity contribution < 1.29 is 0 Å². The first-order chi connectivity index (χ1) is 10.7. The largest absolute Gasteiger partial charge is 0.326 e. The van der Waals surface area contributed by atoms with Crippen molar-refractivity contribution in [3.8, 4) is 11.5 Å². The summed E-state index contributed by atoms with van der Waals surface area (Å²) in [6, 6.07) is 0.916. The van der Waals surface area contributed by atoms with Crippen molar-refractivity contribution in [2.24, 2.45) is 0 Å². The predicted octanol–water partition coefficient (Wildman–Crippen LogP) is 3.37. The second-order valence-corrected chi connectivity index (χ2v) is 6.53. The highest BCUT2D eigenvalue weighted by Gasteiger charge is 2.24. The Bertz CT molecular complexity index is 596. The third-order valence-corrected chi connectivity index (χ3v) is 4.53. The molecule has 0 N–H and O–H groups in total. The molecule has 1 fully saturated rings. The molecule has 0 aromatic carbocycles. The van der Waals surface area contributed by atoms with Gasteiger partial charge in [-0.05, 0) is 46.2 Å². The lowest BCUT2D eigenvalue weighted by atomic mass is 10.1. The van der Waals surface area contributed by atoms with Gasteiger partial charge in [0.2, 0.25) is 0 Å². The van der Waals surface area contributed by atoms with Gasteiger partial charge in [-0.1, -0.05) is 6.92 Å². The lowest BCUT2D eigenvalue weighted by molar-refractivity contribution is 0.178. The third kappa shape index (κ3) is 2.95. The minimum atomic E-state index is 0.394. The van der Waals surface area contributed by atoms with Gasteiger partial charge >= 0.3 is 0 Å². The number of imidazole rings is 2. The van der Waals surface area contributed by atoms with Gasteiger partial charge in [0.1, 0.15) is 5.69 Å². The normalized spacial score (nSPS) is 19.9. The van der Waals surface area contributed by atoms with Crippen LogP contribution in [0.1, 0.15) is 52.1 Å². The zero-order valence-electron chi connectivity index (χ0n) is 13.9. The van der Waals surface area contributed by atoms with Gasteiger partial charge in [0, 0.05) is 31.0 Å². The minimum Gasteiger partial charge on any atom is -0.326 e. The van der Waals surface area contributed by atoms with Crippen LogP contribution < -0.4 is 0 Å². The van der Waals surface area contributed by atoms with E-state index in [-0.39, 0.29) is 0 Å². The highest BCUT2D eigenvalue weighted by molar-refractivity contribution is 5.50. The Morgan fingerprint density at radius 3 is 3.00 bits per heavy atom. The molecule has 5 heteroatoms. The standard InChI is InChI=1S/C17H27N5/c1-4-8-20-9-5-6-15(12-20)21-10-7-19-17(21)16-11-18-13-22(16)14(2)3/h7,10-11,13-15H,4-6,8-9,12H2,1-3H3. The first kappa shape index (κ1) is 15.3. The first-order valence-electron chi connectivity index (χ1n) is 8.48. The predicted molar refractivity (Wildman–Crippen MR) is 88.8 cm³/mol. The molecule has 0 amide bonds. The molecule has 1 unspecified atom stereocenters. The molecule has 1 aliphatic rings. The fourth-order valence-corrected chi connectivity index (χ4v) is 3.47. The Hall–Kier alpha value is -1.62. The number of aromatic nitrogens is 4. The van der Waals surface area contributed by atoms with Gasteiger partial charge in [0.15, 0.2) is 5.82 Å². The molecule has 2 aromatic rings. The molecule has 0 spiro atoms. The van der Waals surface area contributed by atoms with Crippen molar-refractivity contribution in [1.82, 2.24) is 24.0 Å². The van der Waals surface area contributed by atoms with Crippen molar-refractivity contribution in [3.63, 3.8) is 0 Å². The number of rotatable bonds is 5. The molecular weight excluding hydrogens is 274 g/mol. The van der Waals surface area contributed by atoms with E-state index in [4.69, 9.17) is 0 Å². The highest BCUT2D eigenvalue weighted by Crippen LogP contribution is 2.28. The summed E-state index contributed by atoms with van der Waals surface area (Å²) in [7, 11) is 0. The maximum absolute atomic E-state index is 4.63. The minimum absolute atomic E-state index is 0.394. The molecule has 0 saturated carbocycles. The Kier molecular flexibility index (Phi) is 4.62. The summed E-state index contributed by atoms with van der Waals surface area (Å²) in [6.07, 6.45) is 11.6. The Morgan fingerprint density at radius 2 is 2.23 bits per heavy atom. The van der Waals surface area contributed by atoms with Crippen molar-refractivity contribution in [2.45, 2.75) is 52.1 Å². The van der Waals surface area contributed by atoms with Crippen LogP contribution in [0.2, 0.25) is 0 Å². The van der Waals surface area contributed by atoms with E-state index in [0.29, 0.717) is 12.1 Å². The lowest BCUT2D eigenvalue weighted by Gasteiger charge is -2.34. The molecule has 22 heavy (non-hydrogen) atoms. The highest BCUT2D eigenvalue weighted by atomic mass is 15.2. The Morgan fingerprint density at radius 1 is 1.36 bits per heavy atom. The second kappa shape index (κ2) is 6.65. The number of hydrogen-bond donors (Lipinski definition) is 0. The van der Waals surface area contributed by atoms with Crippen LogP contribution in [-0.2, 0) is 0 Å². The van der Waals surface area contributed by atoms with Gasteiger partial charge in [-0.25, -0.2) is 9.97 Å². The average Bonchev–Trinajstić information content (AvgIpc) is 3.16. The van der Waals surface area contributed by atoms with Gasteiger partial charge in [-0.2, -0.15) is 0 Å². The van der Waals surface area contributed by atoms with Crippen LogP contribution in [0.5, 0.6) is 0 Å². The van der Waals surface area contributed by atoms with Gasteiger partial charge in [0.25, 0.3) is 0 Å². The third-order valence-electron chi connectivity index (χ3n) is 4.53. The van der Waals surface area contributed by atoms with Crippen LogP contribution >= 0.6 is 0 Å². The van der Waals surface area contributed by atoms with Crippen LogP contribution in [0.3, 0.4) is 0 Å². The molecule has 1 aliphatic heterocycles. The molecule has 0 bridgehead atoms. The summed E-state index contributed by atoms with van der Waals surface area (Å²) >= 11 is 0. The van der Waals surface area contributed by atoms with Crippen molar-refractivity contribution >= 4 is 0 Å².